The van der Waals surface area contributed by atoms with Gasteiger partial charge in [0.15, 0.2) is 11.6 Å². The molecule has 0 atom stereocenters. The fourth-order valence-electron chi connectivity index (χ4n) is 3.64. The van der Waals surface area contributed by atoms with Crippen LogP contribution in [0.1, 0.15) is 18.3 Å². The number of aryl methyl sites for hydroxylation is 1. The number of nitrogens with zero attached hydrogens (tertiary/aromatic N) is 5. The van der Waals surface area contributed by atoms with Gasteiger partial charge in [0.05, 0.1) is 18.3 Å². The molecule has 3 N–H and O–H groups in total. The van der Waals surface area contributed by atoms with Crippen molar-refractivity contribution in [2.24, 2.45) is 0 Å². The van der Waals surface area contributed by atoms with Crippen LogP contribution in [0.2, 0.25) is 0 Å². The van der Waals surface area contributed by atoms with Crippen LogP contribution in [-0.4, -0.2) is 62.3 Å². The number of carbonyl (C=O) groups is 1. The van der Waals surface area contributed by atoms with E-state index in [2.05, 4.69) is 35.6 Å². The lowest BCUT2D eigenvalue weighted by Gasteiger charge is -2.17. The van der Waals surface area contributed by atoms with Crippen molar-refractivity contribution in [3.63, 3.8) is 0 Å². The second kappa shape index (κ2) is 11.1. The van der Waals surface area contributed by atoms with E-state index in [1.54, 1.807) is 25.3 Å². The number of aldehydes is 1. The summed E-state index contributed by atoms with van der Waals surface area (Å²) in [5.74, 6) is -0.0515. The van der Waals surface area contributed by atoms with Crippen molar-refractivity contribution in [1.29, 1.82) is 0 Å². The van der Waals surface area contributed by atoms with Gasteiger partial charge in [-0.3, -0.25) is 4.90 Å². The van der Waals surface area contributed by atoms with Crippen LogP contribution in [0.5, 0.6) is 0 Å². The molecule has 9 nitrogen and oxygen atoms in total. The highest BCUT2D eigenvalue weighted by molar-refractivity contribution is 5.82. The van der Waals surface area contributed by atoms with Crippen LogP contribution in [0, 0.1) is 18.6 Å². The molecule has 0 aliphatic heterocycles. The van der Waals surface area contributed by atoms with Gasteiger partial charge in [0.25, 0.3) is 0 Å². The van der Waals surface area contributed by atoms with Gasteiger partial charge in [-0.2, -0.15) is 0 Å². The van der Waals surface area contributed by atoms with Crippen molar-refractivity contribution in [3.8, 4) is 11.3 Å². The predicted octanol–water partition coefficient (Wildman–Crippen LogP) is 3.36. The second-order valence-corrected chi connectivity index (χ2v) is 7.98. The number of likely N-dealkylation sites (N-methyl/N-ethyl adjacent to an activating group) is 1. The first kappa shape index (κ1) is 24.3. The third kappa shape index (κ3) is 6.00. The van der Waals surface area contributed by atoms with Crippen LogP contribution < -0.4 is 10.6 Å². The van der Waals surface area contributed by atoms with E-state index in [9.17, 15) is 13.6 Å². The van der Waals surface area contributed by atoms with Gasteiger partial charge in [-0.05, 0) is 37.2 Å². The van der Waals surface area contributed by atoms with Gasteiger partial charge in [0, 0.05) is 31.4 Å². The van der Waals surface area contributed by atoms with Gasteiger partial charge in [-0.15, -0.1) is 0 Å². The smallest absolute Gasteiger partial charge is 0.229 e. The predicted molar refractivity (Wildman–Crippen MR) is 129 cm³/mol. The molecule has 11 heteroatoms. The molecular weight excluding hydrogens is 454 g/mol. The number of pyridine rings is 1. The lowest BCUT2D eigenvalue weighted by molar-refractivity contribution is -0.108. The zero-order valence-electron chi connectivity index (χ0n) is 19.5. The first-order chi connectivity index (χ1) is 17.0. The number of aromatic nitrogens is 5. The number of hydrogen-bond acceptors (Lipinski definition) is 8. The van der Waals surface area contributed by atoms with E-state index in [1.807, 2.05) is 17.9 Å². The van der Waals surface area contributed by atoms with Crippen LogP contribution in [0.3, 0.4) is 0 Å². The van der Waals surface area contributed by atoms with Crippen LogP contribution in [0.25, 0.3) is 22.3 Å². The minimum absolute atomic E-state index is 0.0351. The van der Waals surface area contributed by atoms with Crippen molar-refractivity contribution in [3.05, 3.63) is 59.7 Å². The maximum atomic E-state index is 14.5. The van der Waals surface area contributed by atoms with Crippen molar-refractivity contribution in [1.82, 2.24) is 35.1 Å². The summed E-state index contributed by atoms with van der Waals surface area (Å²) in [6.07, 6.45) is 3.66. The Labute approximate surface area is 201 Å². The number of rotatable bonds is 11. The Bertz CT molecular complexity index is 1310. The zero-order valence-corrected chi connectivity index (χ0v) is 19.5. The molecule has 0 saturated carbocycles. The van der Waals surface area contributed by atoms with Crippen LogP contribution in [0.15, 0.2) is 36.7 Å². The summed E-state index contributed by atoms with van der Waals surface area (Å²) >= 11 is 0. The third-order valence-electron chi connectivity index (χ3n) is 5.45. The maximum Gasteiger partial charge on any atom is 0.229 e. The summed E-state index contributed by atoms with van der Waals surface area (Å²) in [4.78, 5) is 32.3. The Kier molecular flexibility index (Phi) is 7.68. The first-order valence-corrected chi connectivity index (χ1v) is 11.2. The number of benzene rings is 1. The largest absolute Gasteiger partial charge is 0.342 e. The molecule has 0 saturated heterocycles. The number of H-pyrrole nitrogens is 1. The monoisotopic (exact) mass is 480 g/mol. The first-order valence-electron chi connectivity index (χ1n) is 11.2. The van der Waals surface area contributed by atoms with Crippen LogP contribution >= 0.6 is 0 Å². The molecule has 0 fully saturated rings. The number of fused-ring (bicyclic) bond motifs is 1. The summed E-state index contributed by atoms with van der Waals surface area (Å²) in [7, 11) is 0. The summed E-state index contributed by atoms with van der Waals surface area (Å²) in [5.41, 5.74) is 1.87. The lowest BCUT2D eigenvalue weighted by Crippen LogP contribution is -2.33. The number of nitrogens with one attached hydrogen (secondary N) is 3. The third-order valence-corrected chi connectivity index (χ3v) is 5.45. The molecule has 0 bridgehead atoms. The molecule has 4 aromatic rings. The van der Waals surface area contributed by atoms with Gasteiger partial charge >= 0.3 is 0 Å². The SMILES string of the molecule is CCN(CC=O)CCNCc1ccc(Nc2ncc(F)c(-c3cc(F)c4nc(C)[nH]c4c3)n2)nc1. The van der Waals surface area contributed by atoms with E-state index in [0.717, 1.165) is 37.7 Å². The van der Waals surface area contributed by atoms with Crippen molar-refractivity contribution in [2.45, 2.75) is 20.4 Å². The van der Waals surface area contributed by atoms with Gasteiger partial charge in [-0.25, -0.2) is 28.7 Å². The van der Waals surface area contributed by atoms with E-state index >= 15 is 0 Å². The van der Waals surface area contributed by atoms with Crippen molar-refractivity contribution < 1.29 is 13.6 Å². The van der Waals surface area contributed by atoms with Crippen molar-refractivity contribution >= 4 is 29.1 Å². The standard InChI is InChI=1S/C24H26F2N8O/c1-3-34(8-9-35)7-6-27-12-16-4-5-21(28-13-16)32-24-29-14-19(26)22(33-24)17-10-18(25)23-20(11-17)30-15(2)31-23/h4-5,9-11,13-14,27H,3,6-8,12H2,1-2H3,(H,30,31)(H,28,29,32,33). The molecule has 0 radical (unpaired) electrons. The van der Waals surface area contributed by atoms with E-state index in [-0.39, 0.29) is 22.7 Å². The van der Waals surface area contributed by atoms with Gasteiger partial charge in [0.1, 0.15) is 29.1 Å². The summed E-state index contributed by atoms with van der Waals surface area (Å²) in [6, 6.07) is 6.48. The molecule has 3 aromatic heterocycles. The number of halogens is 2. The number of imidazole rings is 1. The van der Waals surface area contributed by atoms with Gasteiger partial charge in [0.2, 0.25) is 5.95 Å². The zero-order chi connectivity index (χ0) is 24.8. The molecular formula is C24H26F2N8O. The fraction of sp³-hybridized carbons (Fsp3) is 0.292. The average Bonchev–Trinajstić information content (AvgIpc) is 3.24. The fourth-order valence-corrected chi connectivity index (χ4v) is 3.64. The molecule has 182 valence electrons. The Hall–Kier alpha value is -3.83. The average molecular weight is 481 g/mol. The molecule has 1 aromatic carbocycles. The number of carbonyl (C=O) groups excluding carboxylic acids is 1. The van der Waals surface area contributed by atoms with Crippen LogP contribution in [-0.2, 0) is 11.3 Å². The second-order valence-electron chi connectivity index (χ2n) is 7.98. The van der Waals surface area contributed by atoms with E-state index < -0.39 is 11.6 Å². The van der Waals surface area contributed by atoms with Crippen molar-refractivity contribution in [2.75, 3.05) is 31.5 Å². The van der Waals surface area contributed by atoms with Gasteiger partial charge < -0.3 is 20.4 Å². The molecule has 35 heavy (non-hydrogen) atoms. The molecule has 0 aliphatic carbocycles. The number of aromatic amines is 1. The summed E-state index contributed by atoms with van der Waals surface area (Å²) < 4.78 is 29.0. The summed E-state index contributed by atoms with van der Waals surface area (Å²) in [5, 5.41) is 6.28. The quantitative estimate of drug-likeness (QED) is 0.221. The highest BCUT2D eigenvalue weighted by atomic mass is 19.1. The Balaban J connectivity index is 1.41. The molecule has 3 heterocycles. The molecule has 0 amide bonds. The molecule has 0 aliphatic rings. The molecule has 0 unspecified atom stereocenters. The summed E-state index contributed by atoms with van der Waals surface area (Å²) in [6.45, 7) is 7.15. The Morgan fingerprint density at radius 2 is 1.97 bits per heavy atom. The Morgan fingerprint density at radius 1 is 1.11 bits per heavy atom. The minimum Gasteiger partial charge on any atom is -0.342 e. The van der Waals surface area contributed by atoms with E-state index in [1.165, 1.54) is 6.07 Å². The normalized spacial score (nSPS) is 11.3. The highest BCUT2D eigenvalue weighted by Gasteiger charge is 2.15. The Morgan fingerprint density at radius 3 is 2.71 bits per heavy atom. The van der Waals surface area contributed by atoms with E-state index in [0.29, 0.717) is 30.2 Å². The molecule has 0 spiro atoms. The maximum absolute atomic E-state index is 14.5. The highest BCUT2D eigenvalue weighted by Crippen LogP contribution is 2.27. The molecule has 4 rings (SSSR count). The lowest BCUT2D eigenvalue weighted by atomic mass is 10.1. The van der Waals surface area contributed by atoms with Gasteiger partial charge in [-0.1, -0.05) is 13.0 Å². The number of hydrogen-bond donors (Lipinski definition) is 3. The number of anilines is 2. The topological polar surface area (TPSA) is 112 Å². The van der Waals surface area contributed by atoms with E-state index in [4.69, 9.17) is 0 Å². The van der Waals surface area contributed by atoms with Crippen LogP contribution in [0.4, 0.5) is 20.5 Å². The minimum atomic E-state index is -0.672.